The molecule has 0 fully saturated rings. The third-order valence-corrected chi connectivity index (χ3v) is 7.15. The molecule has 222 valence electrons. The van der Waals surface area contributed by atoms with Crippen molar-refractivity contribution in [2.24, 2.45) is 5.41 Å². The van der Waals surface area contributed by atoms with Crippen LogP contribution in [0.3, 0.4) is 0 Å². The van der Waals surface area contributed by atoms with E-state index in [4.69, 9.17) is 14.2 Å². The Hall–Kier alpha value is -4.72. The van der Waals surface area contributed by atoms with Crippen LogP contribution >= 0.6 is 0 Å². The molecule has 0 radical (unpaired) electrons. The third kappa shape index (κ3) is 6.85. The van der Waals surface area contributed by atoms with Crippen LogP contribution in [-0.2, 0) is 19.4 Å². The molecule has 2 aromatic heterocycles. The van der Waals surface area contributed by atoms with Crippen molar-refractivity contribution in [3.05, 3.63) is 111 Å². The van der Waals surface area contributed by atoms with E-state index in [0.717, 1.165) is 45.9 Å². The topological polar surface area (TPSA) is 103 Å². The summed E-state index contributed by atoms with van der Waals surface area (Å²) in [5, 5.41) is 3.96. The fraction of sp³-hybridized carbons (Fsp3) is 0.314. The van der Waals surface area contributed by atoms with Gasteiger partial charge in [0.25, 0.3) is 5.56 Å². The van der Waals surface area contributed by atoms with Gasteiger partial charge in [-0.1, -0.05) is 94.4 Å². The summed E-state index contributed by atoms with van der Waals surface area (Å²) in [5.41, 5.74) is 5.62. The normalized spacial score (nSPS) is 11.6. The van der Waals surface area contributed by atoms with Crippen molar-refractivity contribution in [2.45, 2.75) is 60.4 Å². The molecule has 0 aliphatic rings. The molecule has 0 aliphatic heterocycles. The number of aromatic nitrogens is 4. The van der Waals surface area contributed by atoms with Gasteiger partial charge in [-0.15, -0.1) is 0 Å². The zero-order valence-electron chi connectivity index (χ0n) is 25.4. The van der Waals surface area contributed by atoms with E-state index in [1.807, 2.05) is 79.7 Å². The molecule has 43 heavy (non-hydrogen) atoms. The SMILES string of the molecule is CCCc1nc(CC)c(-c2ccc(OCC(C)(C)C)cc2)c(=O)n1Cc1ccc(-c2ccccc2)c(-c2noc(=O)[nH]2)c1. The Labute approximate surface area is 251 Å². The van der Waals surface area contributed by atoms with E-state index in [1.54, 1.807) is 4.57 Å². The van der Waals surface area contributed by atoms with Crippen molar-refractivity contribution in [3.63, 3.8) is 0 Å². The molecule has 0 saturated carbocycles. The lowest BCUT2D eigenvalue weighted by Crippen LogP contribution is -2.29. The largest absolute Gasteiger partial charge is 0.493 e. The quantitative estimate of drug-likeness (QED) is 0.193. The maximum atomic E-state index is 14.3. The Morgan fingerprint density at radius 2 is 1.65 bits per heavy atom. The van der Waals surface area contributed by atoms with E-state index in [2.05, 4.69) is 37.8 Å². The van der Waals surface area contributed by atoms with Gasteiger partial charge in [-0.25, -0.2) is 9.78 Å². The third-order valence-electron chi connectivity index (χ3n) is 7.15. The summed E-state index contributed by atoms with van der Waals surface area (Å²) in [7, 11) is 0. The maximum Gasteiger partial charge on any atom is 0.439 e. The Balaban J connectivity index is 1.58. The zero-order valence-corrected chi connectivity index (χ0v) is 25.4. The molecule has 0 unspecified atom stereocenters. The number of hydrogen-bond acceptors (Lipinski definition) is 6. The number of ether oxygens (including phenoxy) is 1. The van der Waals surface area contributed by atoms with Gasteiger partial charge < -0.3 is 4.74 Å². The second-order valence-electron chi connectivity index (χ2n) is 11.9. The fourth-order valence-electron chi connectivity index (χ4n) is 5.07. The summed E-state index contributed by atoms with van der Waals surface area (Å²) in [6, 6.07) is 23.5. The number of hydrogen-bond donors (Lipinski definition) is 1. The van der Waals surface area contributed by atoms with Gasteiger partial charge >= 0.3 is 5.76 Å². The highest BCUT2D eigenvalue weighted by atomic mass is 16.5. The fourth-order valence-corrected chi connectivity index (χ4v) is 5.07. The van der Waals surface area contributed by atoms with Crippen molar-refractivity contribution >= 4 is 0 Å². The van der Waals surface area contributed by atoms with E-state index in [9.17, 15) is 9.59 Å². The second kappa shape index (κ2) is 12.7. The van der Waals surface area contributed by atoms with Crippen molar-refractivity contribution in [2.75, 3.05) is 6.61 Å². The van der Waals surface area contributed by atoms with Gasteiger partial charge in [0.1, 0.15) is 11.6 Å². The Kier molecular flexibility index (Phi) is 8.76. The highest BCUT2D eigenvalue weighted by Crippen LogP contribution is 2.31. The number of nitrogens with one attached hydrogen (secondary N) is 1. The number of H-pyrrole nitrogens is 1. The van der Waals surface area contributed by atoms with Gasteiger partial charge in [-0.2, -0.15) is 0 Å². The van der Waals surface area contributed by atoms with Crippen LogP contribution < -0.4 is 16.1 Å². The molecule has 0 aliphatic carbocycles. The van der Waals surface area contributed by atoms with Crippen molar-refractivity contribution in [3.8, 4) is 39.4 Å². The molecule has 8 heteroatoms. The van der Waals surface area contributed by atoms with Gasteiger partial charge in [-0.05, 0) is 58.7 Å². The van der Waals surface area contributed by atoms with Crippen LogP contribution in [0.5, 0.6) is 5.75 Å². The number of benzene rings is 3. The molecule has 0 spiro atoms. The number of nitrogens with zero attached hydrogens (tertiary/aromatic N) is 3. The minimum Gasteiger partial charge on any atom is -0.493 e. The van der Waals surface area contributed by atoms with Gasteiger partial charge in [0, 0.05) is 12.0 Å². The summed E-state index contributed by atoms with van der Waals surface area (Å²) >= 11 is 0. The molecular formula is C35H38N4O4. The highest BCUT2D eigenvalue weighted by Gasteiger charge is 2.19. The first-order valence-electron chi connectivity index (χ1n) is 14.8. The summed E-state index contributed by atoms with van der Waals surface area (Å²) in [6.45, 7) is 11.4. The van der Waals surface area contributed by atoms with Gasteiger partial charge in [0.15, 0.2) is 5.82 Å². The zero-order chi connectivity index (χ0) is 30.6. The minimum absolute atomic E-state index is 0.0446. The van der Waals surface area contributed by atoms with E-state index in [1.165, 1.54) is 0 Å². The first kappa shape index (κ1) is 29.8. The van der Waals surface area contributed by atoms with Crippen LogP contribution in [0.25, 0.3) is 33.6 Å². The van der Waals surface area contributed by atoms with Crippen LogP contribution in [0.15, 0.2) is 86.9 Å². The molecule has 2 heterocycles. The molecule has 8 nitrogen and oxygen atoms in total. The van der Waals surface area contributed by atoms with Crippen molar-refractivity contribution in [1.29, 1.82) is 0 Å². The molecule has 5 rings (SSSR count). The highest BCUT2D eigenvalue weighted by molar-refractivity contribution is 5.81. The van der Waals surface area contributed by atoms with Crippen LogP contribution in [0, 0.1) is 5.41 Å². The molecule has 0 atom stereocenters. The lowest BCUT2D eigenvalue weighted by molar-refractivity contribution is 0.198. The summed E-state index contributed by atoms with van der Waals surface area (Å²) in [6.07, 6.45) is 2.17. The first-order valence-corrected chi connectivity index (χ1v) is 14.8. The first-order chi connectivity index (χ1) is 20.7. The van der Waals surface area contributed by atoms with Crippen molar-refractivity contribution in [1.82, 2.24) is 19.7 Å². The lowest BCUT2D eigenvalue weighted by Gasteiger charge is -2.19. The average molecular weight is 579 g/mol. The Bertz CT molecular complexity index is 1810. The molecule has 5 aromatic rings. The Morgan fingerprint density at radius 1 is 0.907 bits per heavy atom. The number of rotatable bonds is 10. The predicted octanol–water partition coefficient (Wildman–Crippen LogP) is 6.91. The molecule has 1 N–H and O–H groups in total. The molecule has 0 bridgehead atoms. The van der Waals surface area contributed by atoms with E-state index < -0.39 is 5.76 Å². The lowest BCUT2D eigenvalue weighted by atomic mass is 9.97. The molecule has 0 amide bonds. The van der Waals surface area contributed by atoms with Crippen LogP contribution in [0.2, 0.25) is 0 Å². The standard InChI is InChI=1S/C35H38N4O4/c1-6-11-30-36-29(7-2)31(25-15-17-26(18-16-25)42-22-35(3,4)5)33(40)39(30)21-23-14-19-27(24-12-9-8-10-13-24)28(20-23)32-37-34(41)43-38-32/h8-10,12-20H,6-7,11,21-22H2,1-5H3,(H,37,38,41). The van der Waals surface area contributed by atoms with Gasteiger partial charge in [0.2, 0.25) is 0 Å². The van der Waals surface area contributed by atoms with Crippen LogP contribution in [0.1, 0.15) is 58.1 Å². The van der Waals surface area contributed by atoms with Crippen LogP contribution in [-0.4, -0.2) is 26.3 Å². The number of aromatic amines is 1. The maximum absolute atomic E-state index is 14.3. The minimum atomic E-state index is -0.625. The monoisotopic (exact) mass is 578 g/mol. The van der Waals surface area contributed by atoms with E-state index in [-0.39, 0.29) is 11.0 Å². The van der Waals surface area contributed by atoms with Crippen molar-refractivity contribution < 1.29 is 9.26 Å². The van der Waals surface area contributed by atoms with E-state index in [0.29, 0.717) is 42.9 Å². The smallest absolute Gasteiger partial charge is 0.439 e. The summed E-state index contributed by atoms with van der Waals surface area (Å²) < 4.78 is 12.6. The Morgan fingerprint density at radius 3 is 2.28 bits per heavy atom. The molecule has 3 aromatic carbocycles. The van der Waals surface area contributed by atoms with E-state index >= 15 is 0 Å². The number of aryl methyl sites for hydroxylation is 2. The predicted molar refractivity (Wildman–Crippen MR) is 169 cm³/mol. The van der Waals surface area contributed by atoms with Gasteiger partial charge in [0.05, 0.1) is 24.4 Å². The average Bonchev–Trinajstić information content (AvgIpc) is 3.44. The molecule has 0 saturated heterocycles. The summed E-state index contributed by atoms with van der Waals surface area (Å²) in [5.74, 6) is 1.23. The molecular weight excluding hydrogens is 540 g/mol. The van der Waals surface area contributed by atoms with Crippen LogP contribution in [0.4, 0.5) is 0 Å². The van der Waals surface area contributed by atoms with Gasteiger partial charge in [-0.3, -0.25) is 18.9 Å². The summed E-state index contributed by atoms with van der Waals surface area (Å²) in [4.78, 5) is 33.8. The second-order valence-corrected chi connectivity index (χ2v) is 11.9.